The molecule has 0 unspecified atom stereocenters. The highest BCUT2D eigenvalue weighted by Gasteiger charge is 2.33. The highest BCUT2D eigenvalue weighted by molar-refractivity contribution is 7.89. The number of benzene rings is 2. The van der Waals surface area contributed by atoms with Gasteiger partial charge in [0.25, 0.3) is 5.91 Å². The summed E-state index contributed by atoms with van der Waals surface area (Å²) in [6.07, 6.45) is -1.08. The third-order valence-corrected chi connectivity index (χ3v) is 6.74. The predicted octanol–water partition coefficient (Wildman–Crippen LogP) is 4.03. The van der Waals surface area contributed by atoms with E-state index >= 15 is 0 Å². The van der Waals surface area contributed by atoms with Crippen LogP contribution < -0.4 is 10.9 Å². The van der Waals surface area contributed by atoms with Crippen LogP contribution in [0.5, 0.6) is 0 Å². The monoisotopic (exact) mass is 441 g/mol. The van der Waals surface area contributed by atoms with Crippen LogP contribution in [0.25, 0.3) is 0 Å². The molecule has 1 fully saturated rings. The molecule has 30 heavy (non-hydrogen) atoms. The molecule has 10 heteroatoms. The Hall–Kier alpha value is -2.59. The first-order chi connectivity index (χ1) is 14.2. The molecule has 1 aliphatic heterocycles. The van der Waals surface area contributed by atoms with Gasteiger partial charge in [0.05, 0.1) is 16.1 Å². The molecule has 2 N–H and O–H groups in total. The van der Waals surface area contributed by atoms with Crippen molar-refractivity contribution in [1.82, 2.24) is 9.73 Å². The maximum Gasteiger partial charge on any atom is 0.418 e. The number of nitrogens with zero attached hydrogens (tertiary/aromatic N) is 1. The number of nitrogens with one attached hydrogen (secondary N) is 2. The summed E-state index contributed by atoms with van der Waals surface area (Å²) in [5.41, 5.74) is 3.24. The molecule has 2 aromatic rings. The SMILES string of the molecule is O=C(NNc1ccccc1C(F)(F)F)c1cccc(S(=O)(=O)N2CCCCCC2)c1. The minimum Gasteiger partial charge on any atom is -0.298 e. The maximum absolute atomic E-state index is 13.1. The van der Waals surface area contributed by atoms with Crippen LogP contribution in [0.15, 0.2) is 53.4 Å². The summed E-state index contributed by atoms with van der Waals surface area (Å²) in [5.74, 6) is -0.750. The Morgan fingerprint density at radius 3 is 2.27 bits per heavy atom. The third kappa shape index (κ3) is 5.11. The lowest BCUT2D eigenvalue weighted by Gasteiger charge is -2.20. The number of rotatable bonds is 5. The van der Waals surface area contributed by atoms with Crippen molar-refractivity contribution < 1.29 is 26.4 Å². The number of hydrogen-bond acceptors (Lipinski definition) is 4. The van der Waals surface area contributed by atoms with Gasteiger partial charge in [-0.05, 0) is 43.2 Å². The number of amides is 1. The van der Waals surface area contributed by atoms with Crippen LogP contribution in [0.1, 0.15) is 41.6 Å². The van der Waals surface area contributed by atoms with Crippen molar-refractivity contribution in [2.75, 3.05) is 18.5 Å². The molecule has 0 radical (unpaired) electrons. The lowest BCUT2D eigenvalue weighted by Crippen LogP contribution is -2.33. The van der Waals surface area contributed by atoms with E-state index in [9.17, 15) is 26.4 Å². The van der Waals surface area contributed by atoms with Gasteiger partial charge in [0, 0.05) is 18.7 Å². The van der Waals surface area contributed by atoms with Crippen LogP contribution in [0.4, 0.5) is 18.9 Å². The van der Waals surface area contributed by atoms with Crippen molar-refractivity contribution in [3.8, 4) is 0 Å². The molecule has 0 saturated carbocycles. The van der Waals surface area contributed by atoms with Gasteiger partial charge < -0.3 is 0 Å². The molecule has 1 amide bonds. The van der Waals surface area contributed by atoms with Crippen molar-refractivity contribution in [1.29, 1.82) is 0 Å². The highest BCUT2D eigenvalue weighted by atomic mass is 32.2. The molecule has 3 rings (SSSR count). The number of hydrazine groups is 1. The number of anilines is 1. The largest absolute Gasteiger partial charge is 0.418 e. The van der Waals surface area contributed by atoms with E-state index in [1.807, 2.05) is 0 Å². The van der Waals surface area contributed by atoms with Crippen LogP contribution >= 0.6 is 0 Å². The maximum atomic E-state index is 13.1. The van der Waals surface area contributed by atoms with Crippen LogP contribution in [0.2, 0.25) is 0 Å². The van der Waals surface area contributed by atoms with E-state index in [0.29, 0.717) is 13.1 Å². The van der Waals surface area contributed by atoms with Crippen LogP contribution in [-0.2, 0) is 16.2 Å². The number of halogens is 3. The van der Waals surface area contributed by atoms with Crippen molar-refractivity contribution in [3.63, 3.8) is 0 Å². The summed E-state index contributed by atoms with van der Waals surface area (Å²) in [6.45, 7) is 0.850. The molecular formula is C20H22F3N3O3S. The quantitative estimate of drug-likeness (QED) is 0.687. The number of alkyl halides is 3. The van der Waals surface area contributed by atoms with E-state index in [4.69, 9.17) is 0 Å². The molecular weight excluding hydrogens is 419 g/mol. The fourth-order valence-electron chi connectivity index (χ4n) is 3.26. The molecule has 0 aromatic heterocycles. The van der Waals surface area contributed by atoms with Gasteiger partial charge in [-0.15, -0.1) is 0 Å². The topological polar surface area (TPSA) is 78.5 Å². The lowest BCUT2D eigenvalue weighted by atomic mass is 10.2. The smallest absolute Gasteiger partial charge is 0.298 e. The third-order valence-electron chi connectivity index (χ3n) is 4.84. The van der Waals surface area contributed by atoms with E-state index in [1.165, 1.54) is 46.8 Å². The average Bonchev–Trinajstić information content (AvgIpc) is 3.02. The zero-order chi connectivity index (χ0) is 21.8. The minimum atomic E-state index is -4.59. The summed E-state index contributed by atoms with van der Waals surface area (Å²) in [7, 11) is -3.75. The van der Waals surface area contributed by atoms with Crippen molar-refractivity contribution in [2.24, 2.45) is 0 Å². The Bertz CT molecular complexity index is 1000. The van der Waals surface area contributed by atoms with Gasteiger partial charge in [0.1, 0.15) is 0 Å². The Kier molecular flexibility index (Phi) is 6.67. The van der Waals surface area contributed by atoms with Crippen LogP contribution in [-0.4, -0.2) is 31.7 Å². The van der Waals surface area contributed by atoms with E-state index in [1.54, 1.807) is 0 Å². The number of para-hydroxylation sites is 1. The zero-order valence-corrected chi connectivity index (χ0v) is 16.9. The Morgan fingerprint density at radius 1 is 0.933 bits per heavy atom. The zero-order valence-electron chi connectivity index (χ0n) is 16.1. The van der Waals surface area contributed by atoms with Gasteiger partial charge >= 0.3 is 6.18 Å². The second kappa shape index (κ2) is 9.05. The molecule has 0 atom stereocenters. The predicted molar refractivity (Wildman–Crippen MR) is 106 cm³/mol. The molecule has 0 aliphatic carbocycles. The van der Waals surface area contributed by atoms with E-state index in [-0.39, 0.29) is 16.1 Å². The molecule has 1 heterocycles. The van der Waals surface area contributed by atoms with Gasteiger partial charge in [-0.1, -0.05) is 31.0 Å². The summed E-state index contributed by atoms with van der Waals surface area (Å²) in [4.78, 5) is 12.4. The second-order valence-electron chi connectivity index (χ2n) is 6.97. The van der Waals surface area contributed by atoms with Crippen LogP contribution in [0.3, 0.4) is 0 Å². The molecule has 2 aromatic carbocycles. The van der Waals surface area contributed by atoms with Gasteiger partial charge in [-0.25, -0.2) is 8.42 Å². The summed E-state index contributed by atoms with van der Waals surface area (Å²) >= 11 is 0. The molecule has 6 nitrogen and oxygen atoms in total. The molecule has 1 aliphatic rings. The Labute approximate surface area is 173 Å². The van der Waals surface area contributed by atoms with Gasteiger partial charge in [-0.2, -0.15) is 17.5 Å². The first kappa shape index (κ1) is 22.1. The van der Waals surface area contributed by atoms with Gasteiger partial charge in [-0.3, -0.25) is 15.6 Å². The van der Waals surface area contributed by atoms with Crippen molar-refractivity contribution in [3.05, 3.63) is 59.7 Å². The standard InChI is InChI=1S/C20H22F3N3O3S/c21-20(22,23)17-10-3-4-11-18(17)24-25-19(27)15-8-7-9-16(14-15)30(28,29)26-12-5-1-2-6-13-26/h3-4,7-11,14,24H,1-2,5-6,12-13H2,(H,25,27). The van der Waals surface area contributed by atoms with E-state index < -0.39 is 27.7 Å². The number of carbonyl (C=O) groups excluding carboxylic acids is 1. The molecule has 0 bridgehead atoms. The first-order valence-corrected chi connectivity index (χ1v) is 11.0. The number of carbonyl (C=O) groups is 1. The van der Waals surface area contributed by atoms with Gasteiger partial charge in [0.15, 0.2) is 0 Å². The number of sulfonamides is 1. The summed E-state index contributed by atoms with van der Waals surface area (Å²) < 4.78 is 66.4. The van der Waals surface area contributed by atoms with Crippen molar-refractivity contribution in [2.45, 2.75) is 36.8 Å². The lowest BCUT2D eigenvalue weighted by molar-refractivity contribution is -0.137. The fraction of sp³-hybridized carbons (Fsp3) is 0.350. The Morgan fingerprint density at radius 2 is 1.60 bits per heavy atom. The van der Waals surface area contributed by atoms with Crippen molar-refractivity contribution >= 4 is 21.6 Å². The van der Waals surface area contributed by atoms with E-state index in [2.05, 4.69) is 10.9 Å². The molecule has 162 valence electrons. The van der Waals surface area contributed by atoms with E-state index in [0.717, 1.165) is 31.7 Å². The number of hydrogen-bond donors (Lipinski definition) is 2. The minimum absolute atomic E-state index is 0.0166. The van der Waals surface area contributed by atoms with Crippen LogP contribution in [0, 0.1) is 0 Å². The highest BCUT2D eigenvalue weighted by Crippen LogP contribution is 2.34. The summed E-state index contributed by atoms with van der Waals surface area (Å²) in [6, 6.07) is 10.2. The fourth-order valence-corrected chi connectivity index (χ4v) is 4.83. The Balaban J connectivity index is 1.76. The first-order valence-electron chi connectivity index (χ1n) is 9.52. The van der Waals surface area contributed by atoms with Gasteiger partial charge in [0.2, 0.25) is 10.0 Å². The molecule has 1 saturated heterocycles. The summed E-state index contributed by atoms with van der Waals surface area (Å²) in [5, 5.41) is 0. The average molecular weight is 441 g/mol. The molecule has 0 spiro atoms. The normalized spacial score (nSPS) is 16.0. The second-order valence-corrected chi connectivity index (χ2v) is 8.91.